The van der Waals surface area contributed by atoms with Crippen LogP contribution in [0.2, 0.25) is 0 Å². The van der Waals surface area contributed by atoms with E-state index in [2.05, 4.69) is 220 Å². The fraction of sp³-hybridized carbons (Fsp3) is 0. The maximum atomic E-state index is 9.80. The van der Waals surface area contributed by atoms with Crippen molar-refractivity contribution in [3.8, 4) is 78.1 Å². The molecule has 0 saturated carbocycles. The molecule has 8 heteroatoms. The van der Waals surface area contributed by atoms with Crippen molar-refractivity contribution in [3.05, 3.63) is 320 Å². The summed E-state index contributed by atoms with van der Waals surface area (Å²) in [5.74, 6) is 0. The lowest BCUT2D eigenvalue weighted by molar-refractivity contribution is 0.426. The van der Waals surface area contributed by atoms with E-state index >= 15 is 0 Å². The lowest BCUT2D eigenvalue weighted by Gasteiger charge is -2.18. The molecule has 0 fully saturated rings. The second-order valence-corrected chi connectivity index (χ2v) is 22.2. The second-order valence-electron chi connectivity index (χ2n) is 21.3. The summed E-state index contributed by atoms with van der Waals surface area (Å²) in [5, 5.41) is 29.1. The van der Waals surface area contributed by atoms with Crippen LogP contribution in [-0.2, 0) is 0 Å². The molecule has 408 valence electrons. The number of pyridine rings is 2. The van der Waals surface area contributed by atoms with Crippen LogP contribution >= 0.6 is 15.9 Å². The number of hydrogen-bond donors (Lipinski definition) is 2. The van der Waals surface area contributed by atoms with Crippen molar-refractivity contribution in [2.45, 2.75) is 0 Å². The zero-order valence-electron chi connectivity index (χ0n) is 46.7. The third-order valence-corrected chi connectivity index (χ3v) is 16.5. The Bertz CT molecular complexity index is 5010. The fourth-order valence-electron chi connectivity index (χ4n) is 12.0. The molecular weight excluding hydrogens is 1120 g/mol. The Kier molecular flexibility index (Phi) is 14.7. The molecule has 0 aliphatic heterocycles. The molecule has 0 aliphatic rings. The third kappa shape index (κ3) is 10.5. The Labute approximate surface area is 507 Å². The van der Waals surface area contributed by atoms with Gasteiger partial charge in [0, 0.05) is 40.4 Å². The molecule has 0 saturated heterocycles. The van der Waals surface area contributed by atoms with Crippen LogP contribution in [0.5, 0.6) is 0 Å². The van der Waals surface area contributed by atoms with Gasteiger partial charge in [0.25, 0.3) is 0 Å². The number of benzene rings is 12. The van der Waals surface area contributed by atoms with Crippen LogP contribution in [0.1, 0.15) is 0 Å². The number of fused-ring (bicyclic) bond motifs is 6. The molecule has 0 radical (unpaired) electrons. The summed E-state index contributed by atoms with van der Waals surface area (Å²) < 4.78 is 5.17. The van der Waals surface area contributed by atoms with Crippen molar-refractivity contribution in [3.63, 3.8) is 0 Å². The van der Waals surface area contributed by atoms with Gasteiger partial charge in [-0.1, -0.05) is 265 Å². The van der Waals surface area contributed by atoms with E-state index in [1.165, 1.54) is 60.3 Å². The van der Waals surface area contributed by atoms with E-state index in [-0.39, 0.29) is 0 Å². The zero-order valence-corrected chi connectivity index (χ0v) is 48.2. The lowest BCUT2D eigenvalue weighted by Crippen LogP contribution is -2.29. The van der Waals surface area contributed by atoms with Crippen molar-refractivity contribution < 1.29 is 10.0 Å². The fourth-order valence-corrected chi connectivity index (χ4v) is 12.2. The van der Waals surface area contributed by atoms with Gasteiger partial charge in [-0.05, 0) is 147 Å². The molecule has 16 aromatic rings. The number of halogens is 1. The number of hydrogen-bond acceptors (Lipinski definition) is 4. The summed E-state index contributed by atoms with van der Waals surface area (Å²) >= 11 is 3.43. The highest BCUT2D eigenvalue weighted by Crippen LogP contribution is 2.46. The average molecular weight is 1170 g/mol. The summed E-state index contributed by atoms with van der Waals surface area (Å²) in [5.41, 5.74) is 18.6. The minimum absolute atomic E-state index is 0.490. The minimum atomic E-state index is -1.50. The number of aromatic nitrogens is 4. The molecule has 0 unspecified atom stereocenters. The molecule has 12 aromatic carbocycles. The molecule has 4 aromatic heterocycles. The molecule has 86 heavy (non-hydrogen) atoms. The van der Waals surface area contributed by atoms with Gasteiger partial charge in [0.1, 0.15) is 11.3 Å². The Morgan fingerprint density at radius 1 is 0.279 bits per heavy atom. The molecule has 0 bridgehead atoms. The van der Waals surface area contributed by atoms with Crippen LogP contribution in [-0.4, -0.2) is 35.9 Å². The molecule has 2 N–H and O–H groups in total. The molecule has 0 spiro atoms. The van der Waals surface area contributed by atoms with E-state index in [1.807, 2.05) is 120 Å². The van der Waals surface area contributed by atoms with Gasteiger partial charge >= 0.3 is 7.12 Å². The molecule has 0 atom stereocenters. The van der Waals surface area contributed by atoms with Gasteiger partial charge in [-0.3, -0.25) is 0 Å². The maximum absolute atomic E-state index is 9.80. The topological polar surface area (TPSA) is 75.1 Å². The van der Waals surface area contributed by atoms with Crippen LogP contribution in [0.25, 0.3) is 133 Å². The minimum Gasteiger partial charge on any atom is -0.423 e. The zero-order chi connectivity index (χ0) is 57.9. The standard InChI is InChI=1S/C39H26N2.C26H19BO2.C13H9BrN2/c1-3-11-29(12-4-1)38-32-15-7-8-16-33(32)39(30-13-5-2-6-14-30)35-25-31(22-23-34(35)38)27-18-20-28(21-19-27)36-26-41-24-10-9-17-37(41)40-36;28-27(29)20-15-16-23-24(17-20)26(19-11-5-2-6-12-19)22-14-8-7-13-21(22)25(23)18-9-3-1-4-10-18;14-11-6-4-10(5-7-11)12-9-16-8-2-1-3-13(16)15-12/h1-26H;1-17,28-29H;1-9H. The maximum Gasteiger partial charge on any atom is 0.488 e. The molecular formula is C78H54BBrN4O2. The summed E-state index contributed by atoms with van der Waals surface area (Å²) in [6, 6.07) is 101. The first-order valence-electron chi connectivity index (χ1n) is 28.7. The van der Waals surface area contributed by atoms with Gasteiger partial charge in [0.05, 0.1) is 11.4 Å². The van der Waals surface area contributed by atoms with Gasteiger partial charge in [-0.15, -0.1) is 0 Å². The first-order chi connectivity index (χ1) is 42.4. The molecule has 0 aliphatic carbocycles. The predicted molar refractivity (Wildman–Crippen MR) is 362 cm³/mol. The van der Waals surface area contributed by atoms with E-state index in [4.69, 9.17) is 4.98 Å². The third-order valence-electron chi connectivity index (χ3n) is 16.0. The monoisotopic (exact) mass is 1170 g/mol. The molecule has 4 heterocycles. The van der Waals surface area contributed by atoms with Crippen LogP contribution in [0.3, 0.4) is 0 Å². The Morgan fingerprint density at radius 3 is 1.01 bits per heavy atom. The van der Waals surface area contributed by atoms with Crippen molar-refractivity contribution in [1.29, 1.82) is 0 Å². The highest BCUT2D eigenvalue weighted by molar-refractivity contribution is 9.10. The normalized spacial score (nSPS) is 11.2. The average Bonchev–Trinajstić information content (AvgIpc) is 1.26. The van der Waals surface area contributed by atoms with Gasteiger partial charge in [-0.25, -0.2) is 9.97 Å². The SMILES string of the molecule is Brc1ccc(-c2cn3ccccc3n2)cc1.OB(O)c1ccc2c(-c3ccccc3)c3ccccc3c(-c3ccccc3)c2c1.c1ccc(-c2c3ccccc3c(-c3ccccc3)c3cc(-c4ccc(-c5cn6ccccc6n5)cc4)ccc23)cc1. The van der Waals surface area contributed by atoms with E-state index in [9.17, 15) is 10.0 Å². The first kappa shape index (κ1) is 53.5. The Balaban J connectivity index is 0.000000126. The number of rotatable bonds is 8. The summed E-state index contributed by atoms with van der Waals surface area (Å²) in [6.07, 6.45) is 8.17. The van der Waals surface area contributed by atoms with Gasteiger partial charge in [0.15, 0.2) is 0 Å². The van der Waals surface area contributed by atoms with Crippen LogP contribution < -0.4 is 5.46 Å². The Morgan fingerprint density at radius 2 is 0.605 bits per heavy atom. The highest BCUT2D eigenvalue weighted by Gasteiger charge is 2.21. The number of nitrogens with zero attached hydrogens (tertiary/aromatic N) is 4. The van der Waals surface area contributed by atoms with Crippen LogP contribution in [0.15, 0.2) is 320 Å². The predicted octanol–water partition coefficient (Wildman–Crippen LogP) is 19.1. The summed E-state index contributed by atoms with van der Waals surface area (Å²) in [7, 11) is -1.50. The summed E-state index contributed by atoms with van der Waals surface area (Å²) in [6.45, 7) is 0. The largest absolute Gasteiger partial charge is 0.488 e. The molecule has 0 amide bonds. The van der Waals surface area contributed by atoms with E-state index < -0.39 is 7.12 Å². The smallest absolute Gasteiger partial charge is 0.423 e. The van der Waals surface area contributed by atoms with Crippen molar-refractivity contribution in [2.24, 2.45) is 0 Å². The lowest BCUT2D eigenvalue weighted by atomic mass is 9.77. The van der Waals surface area contributed by atoms with Gasteiger partial charge in [-0.2, -0.15) is 0 Å². The van der Waals surface area contributed by atoms with Crippen molar-refractivity contribution in [1.82, 2.24) is 18.8 Å². The van der Waals surface area contributed by atoms with E-state index in [0.717, 1.165) is 76.7 Å². The van der Waals surface area contributed by atoms with Crippen LogP contribution in [0, 0.1) is 0 Å². The second kappa shape index (κ2) is 23.6. The highest BCUT2D eigenvalue weighted by atomic mass is 79.9. The quantitative estimate of drug-likeness (QED) is 0.117. The van der Waals surface area contributed by atoms with Gasteiger partial charge < -0.3 is 18.8 Å². The van der Waals surface area contributed by atoms with Crippen molar-refractivity contribution >= 4 is 82.9 Å². The van der Waals surface area contributed by atoms with Gasteiger partial charge in [0.2, 0.25) is 0 Å². The van der Waals surface area contributed by atoms with Crippen molar-refractivity contribution in [2.75, 3.05) is 0 Å². The molecule has 6 nitrogen and oxygen atoms in total. The van der Waals surface area contributed by atoms with E-state index in [0.29, 0.717) is 5.46 Å². The van der Waals surface area contributed by atoms with Crippen LogP contribution in [0.4, 0.5) is 0 Å². The summed E-state index contributed by atoms with van der Waals surface area (Å²) in [4.78, 5) is 9.36. The van der Waals surface area contributed by atoms with E-state index in [1.54, 1.807) is 6.07 Å². The molecule has 16 rings (SSSR count). The Hall–Kier alpha value is -10.5. The number of imidazole rings is 2. The first-order valence-corrected chi connectivity index (χ1v) is 29.5.